The van der Waals surface area contributed by atoms with Gasteiger partial charge in [-0.2, -0.15) is 0 Å². The van der Waals surface area contributed by atoms with Gasteiger partial charge in [-0.05, 0) is 12.8 Å². The predicted octanol–water partition coefficient (Wildman–Crippen LogP) is 0.510. The number of carbonyl (C=O) groups excluding carboxylic acids is 2. The summed E-state index contributed by atoms with van der Waals surface area (Å²) in [5.41, 5.74) is 4.47. The lowest BCUT2D eigenvalue weighted by atomic mass is 10.4. The average molecular weight is 186 g/mol. The Morgan fingerprint density at radius 3 is 2.00 bits per heavy atom. The van der Waals surface area contributed by atoms with Gasteiger partial charge in [0.15, 0.2) is 0 Å². The molecule has 2 N–H and O–H groups in total. The van der Waals surface area contributed by atoms with E-state index in [1.54, 1.807) is 0 Å². The van der Waals surface area contributed by atoms with Gasteiger partial charge in [-0.25, -0.2) is 0 Å². The van der Waals surface area contributed by atoms with Crippen molar-refractivity contribution in [3.05, 3.63) is 0 Å². The summed E-state index contributed by atoms with van der Waals surface area (Å²) in [5, 5.41) is 0. The van der Waals surface area contributed by atoms with E-state index < -0.39 is 0 Å². The molecule has 0 spiro atoms. The van der Waals surface area contributed by atoms with Gasteiger partial charge in [0.05, 0.1) is 0 Å². The van der Waals surface area contributed by atoms with Crippen LogP contribution in [0, 0.1) is 0 Å². The second kappa shape index (κ2) is 6.46. The van der Waals surface area contributed by atoms with E-state index >= 15 is 0 Å². The molecular weight excluding hydrogens is 168 g/mol. The molecule has 1 heterocycles. The van der Waals surface area contributed by atoms with Crippen molar-refractivity contribution >= 4 is 11.8 Å². The van der Waals surface area contributed by atoms with Crippen molar-refractivity contribution < 1.29 is 9.59 Å². The minimum atomic E-state index is -0.333. The molecule has 0 unspecified atom stereocenters. The molecule has 0 saturated carbocycles. The number of rotatable bonds is 1. The molecule has 1 aliphatic rings. The van der Waals surface area contributed by atoms with Crippen LogP contribution in [-0.2, 0) is 9.59 Å². The van der Waals surface area contributed by atoms with Gasteiger partial charge >= 0.3 is 0 Å². The van der Waals surface area contributed by atoms with Crippen molar-refractivity contribution in [2.24, 2.45) is 5.73 Å². The Morgan fingerprint density at radius 1 is 1.31 bits per heavy atom. The smallest absolute Gasteiger partial charge is 0.222 e. The van der Waals surface area contributed by atoms with Gasteiger partial charge < -0.3 is 10.6 Å². The highest BCUT2D eigenvalue weighted by atomic mass is 16.2. The Morgan fingerprint density at radius 2 is 1.69 bits per heavy atom. The Hall–Kier alpha value is -1.06. The van der Waals surface area contributed by atoms with Crippen LogP contribution in [-0.4, -0.2) is 29.8 Å². The first-order chi connectivity index (χ1) is 6.07. The van der Waals surface area contributed by atoms with Gasteiger partial charge in [-0.15, -0.1) is 0 Å². The molecular formula is C9H18N2O2. The molecule has 0 aromatic rings. The van der Waals surface area contributed by atoms with E-state index in [1.165, 1.54) is 19.8 Å². The highest BCUT2D eigenvalue weighted by Crippen LogP contribution is 2.07. The summed E-state index contributed by atoms with van der Waals surface area (Å²) in [7, 11) is 0. The number of hydrogen-bond acceptors (Lipinski definition) is 2. The fourth-order valence-corrected chi connectivity index (χ4v) is 1.19. The molecule has 0 aliphatic carbocycles. The van der Waals surface area contributed by atoms with E-state index in [0.717, 1.165) is 13.1 Å². The number of likely N-dealkylation sites (tertiary alicyclic amines) is 1. The molecule has 0 radical (unpaired) electrons. The number of carbonyl (C=O) groups is 2. The van der Waals surface area contributed by atoms with Crippen LogP contribution < -0.4 is 5.73 Å². The number of hydrogen-bond donors (Lipinski definition) is 1. The minimum Gasteiger partial charge on any atom is -0.370 e. The van der Waals surface area contributed by atoms with Crippen LogP contribution in [0.5, 0.6) is 0 Å². The third-order valence-corrected chi connectivity index (χ3v) is 1.76. The number of nitrogens with two attached hydrogens (primary N) is 1. The van der Waals surface area contributed by atoms with Crippen molar-refractivity contribution in [2.45, 2.75) is 33.1 Å². The molecule has 1 rings (SSSR count). The van der Waals surface area contributed by atoms with Gasteiger partial charge in [0.1, 0.15) is 0 Å². The summed E-state index contributed by atoms with van der Waals surface area (Å²) in [6.07, 6.45) is 3.07. The van der Waals surface area contributed by atoms with Crippen LogP contribution in [0.4, 0.5) is 0 Å². The van der Waals surface area contributed by atoms with Gasteiger partial charge in [0.25, 0.3) is 0 Å². The van der Waals surface area contributed by atoms with Crippen LogP contribution in [0.2, 0.25) is 0 Å². The monoisotopic (exact) mass is 186 g/mol. The van der Waals surface area contributed by atoms with Crippen LogP contribution in [0.3, 0.4) is 0 Å². The van der Waals surface area contributed by atoms with Gasteiger partial charge in [-0.3, -0.25) is 9.59 Å². The predicted molar refractivity (Wildman–Crippen MR) is 51.0 cm³/mol. The van der Waals surface area contributed by atoms with E-state index in [2.05, 4.69) is 5.73 Å². The highest BCUT2D eigenvalue weighted by Gasteiger charge is 2.14. The molecule has 2 amide bonds. The van der Waals surface area contributed by atoms with E-state index in [-0.39, 0.29) is 5.91 Å². The molecule has 0 aromatic heterocycles. The lowest BCUT2D eigenvalue weighted by Crippen LogP contribution is -2.26. The Balaban J connectivity index is 0.000000310. The third-order valence-electron chi connectivity index (χ3n) is 1.76. The molecule has 4 heteroatoms. The maximum atomic E-state index is 10.9. The fraction of sp³-hybridized carbons (Fsp3) is 0.778. The zero-order valence-electron chi connectivity index (χ0n) is 8.38. The summed E-state index contributed by atoms with van der Waals surface area (Å²) in [6.45, 7) is 5.21. The van der Waals surface area contributed by atoms with E-state index in [9.17, 15) is 9.59 Å². The molecule has 0 atom stereocenters. The molecule has 0 bridgehead atoms. The first-order valence-electron chi connectivity index (χ1n) is 4.61. The molecule has 1 saturated heterocycles. The molecule has 4 nitrogen and oxygen atoms in total. The van der Waals surface area contributed by atoms with Gasteiger partial charge in [-0.1, -0.05) is 6.92 Å². The van der Waals surface area contributed by atoms with E-state index in [0.29, 0.717) is 12.3 Å². The van der Waals surface area contributed by atoms with Crippen molar-refractivity contribution in [1.29, 1.82) is 0 Å². The fourth-order valence-electron chi connectivity index (χ4n) is 1.19. The Labute approximate surface area is 79.1 Å². The normalized spacial score (nSPS) is 14.8. The minimum absolute atomic E-state index is 0.313. The SMILES string of the molecule is CC(N)=O.CCC(=O)N1CCCC1. The topological polar surface area (TPSA) is 63.4 Å². The average Bonchev–Trinajstić information content (AvgIpc) is 2.54. The standard InChI is InChI=1S/C7H13NO.C2H5NO/c1-2-7(9)8-5-3-4-6-8;1-2(3)4/h2-6H2,1H3;1H3,(H2,3,4). The maximum Gasteiger partial charge on any atom is 0.222 e. The van der Waals surface area contributed by atoms with Crippen molar-refractivity contribution in [3.8, 4) is 0 Å². The Kier molecular flexibility index (Phi) is 5.93. The summed E-state index contributed by atoms with van der Waals surface area (Å²) in [6, 6.07) is 0. The lowest BCUT2D eigenvalue weighted by Gasteiger charge is -2.12. The van der Waals surface area contributed by atoms with Crippen LogP contribution in [0.1, 0.15) is 33.1 Å². The third kappa shape index (κ3) is 6.13. The number of amides is 2. The number of nitrogens with zero attached hydrogens (tertiary/aromatic N) is 1. The van der Waals surface area contributed by atoms with Crippen molar-refractivity contribution in [1.82, 2.24) is 4.90 Å². The summed E-state index contributed by atoms with van der Waals surface area (Å²) in [5.74, 6) is -0.0208. The molecule has 1 fully saturated rings. The first-order valence-corrected chi connectivity index (χ1v) is 4.61. The lowest BCUT2D eigenvalue weighted by molar-refractivity contribution is -0.129. The van der Waals surface area contributed by atoms with Crippen LogP contribution in [0.25, 0.3) is 0 Å². The summed E-state index contributed by atoms with van der Waals surface area (Å²) < 4.78 is 0. The maximum absolute atomic E-state index is 10.9. The Bertz CT molecular complexity index is 170. The second-order valence-corrected chi connectivity index (χ2v) is 3.05. The first kappa shape index (κ1) is 11.9. The van der Waals surface area contributed by atoms with Gasteiger partial charge in [0.2, 0.25) is 11.8 Å². The highest BCUT2D eigenvalue weighted by molar-refractivity contribution is 5.75. The second-order valence-electron chi connectivity index (χ2n) is 3.05. The van der Waals surface area contributed by atoms with Gasteiger partial charge in [0, 0.05) is 26.4 Å². The zero-order chi connectivity index (χ0) is 10.3. The summed E-state index contributed by atoms with van der Waals surface area (Å²) >= 11 is 0. The van der Waals surface area contributed by atoms with Crippen molar-refractivity contribution in [2.75, 3.05) is 13.1 Å². The van der Waals surface area contributed by atoms with E-state index in [1.807, 2.05) is 11.8 Å². The quantitative estimate of drug-likeness (QED) is 0.648. The molecule has 1 aliphatic heterocycles. The molecule has 76 valence electrons. The number of primary amides is 1. The zero-order valence-corrected chi connectivity index (χ0v) is 8.38. The van der Waals surface area contributed by atoms with Crippen molar-refractivity contribution in [3.63, 3.8) is 0 Å². The largest absolute Gasteiger partial charge is 0.370 e. The van der Waals surface area contributed by atoms with Crippen LogP contribution >= 0.6 is 0 Å². The molecule has 13 heavy (non-hydrogen) atoms. The van der Waals surface area contributed by atoms with E-state index in [4.69, 9.17) is 0 Å². The molecule has 0 aromatic carbocycles. The van der Waals surface area contributed by atoms with Crippen LogP contribution in [0.15, 0.2) is 0 Å². The summed E-state index contributed by atoms with van der Waals surface area (Å²) in [4.78, 5) is 22.1.